The molecule has 0 atom stereocenters. The van der Waals surface area contributed by atoms with Crippen molar-refractivity contribution in [3.05, 3.63) is 17.0 Å². The van der Waals surface area contributed by atoms with E-state index >= 15 is 0 Å². The van der Waals surface area contributed by atoms with Gasteiger partial charge in [0, 0.05) is 19.2 Å². The summed E-state index contributed by atoms with van der Waals surface area (Å²) in [6.07, 6.45) is 0.754. The standard InChI is InChI=1S/C10H14N4O2/c1-11-10-13-7-5-12-4-3-6(7)8(14-10)9(15)16-2/h12H,3-5H2,1-2H3,(H,11,13,14). The average Bonchev–Trinajstić information content (AvgIpc) is 2.36. The molecule has 0 saturated heterocycles. The van der Waals surface area contributed by atoms with Gasteiger partial charge in [0.1, 0.15) is 0 Å². The molecule has 2 heterocycles. The quantitative estimate of drug-likeness (QED) is 0.683. The lowest BCUT2D eigenvalue weighted by molar-refractivity contribution is 0.0592. The Kier molecular flexibility index (Phi) is 3.00. The molecule has 2 rings (SSSR count). The fraction of sp³-hybridized carbons (Fsp3) is 0.500. The van der Waals surface area contributed by atoms with Crippen LogP contribution in [0, 0.1) is 0 Å². The first-order chi connectivity index (χ1) is 7.76. The number of carbonyl (C=O) groups is 1. The van der Waals surface area contributed by atoms with Gasteiger partial charge in [-0.15, -0.1) is 0 Å². The van der Waals surface area contributed by atoms with Crippen molar-refractivity contribution in [2.45, 2.75) is 13.0 Å². The highest BCUT2D eigenvalue weighted by Crippen LogP contribution is 2.18. The van der Waals surface area contributed by atoms with E-state index in [4.69, 9.17) is 4.74 Å². The molecule has 0 saturated carbocycles. The van der Waals surface area contributed by atoms with E-state index in [0.717, 1.165) is 24.2 Å². The molecule has 1 aliphatic rings. The van der Waals surface area contributed by atoms with Gasteiger partial charge in [-0.2, -0.15) is 0 Å². The van der Waals surface area contributed by atoms with Gasteiger partial charge in [0.25, 0.3) is 0 Å². The summed E-state index contributed by atoms with van der Waals surface area (Å²) < 4.78 is 4.72. The Morgan fingerprint density at radius 2 is 2.31 bits per heavy atom. The maximum atomic E-state index is 11.6. The van der Waals surface area contributed by atoms with Crippen LogP contribution in [0.4, 0.5) is 5.95 Å². The third-order valence-corrected chi connectivity index (χ3v) is 2.54. The number of ether oxygens (including phenoxy) is 1. The van der Waals surface area contributed by atoms with Gasteiger partial charge in [-0.25, -0.2) is 14.8 Å². The van der Waals surface area contributed by atoms with Crippen LogP contribution in [0.15, 0.2) is 0 Å². The van der Waals surface area contributed by atoms with Crippen LogP contribution in [0.3, 0.4) is 0 Å². The summed E-state index contributed by atoms with van der Waals surface area (Å²) >= 11 is 0. The minimum absolute atomic E-state index is 0.373. The number of nitrogens with one attached hydrogen (secondary N) is 2. The molecule has 0 aliphatic carbocycles. The second-order valence-corrected chi connectivity index (χ2v) is 3.49. The molecular weight excluding hydrogens is 208 g/mol. The topological polar surface area (TPSA) is 76.1 Å². The van der Waals surface area contributed by atoms with Crippen LogP contribution < -0.4 is 10.6 Å². The molecule has 6 heteroatoms. The zero-order valence-corrected chi connectivity index (χ0v) is 9.33. The molecule has 0 unspecified atom stereocenters. The summed E-state index contributed by atoms with van der Waals surface area (Å²) in [6.45, 7) is 1.50. The number of hydrogen-bond donors (Lipinski definition) is 2. The van der Waals surface area contributed by atoms with Crippen LogP contribution in [0.5, 0.6) is 0 Å². The summed E-state index contributed by atoms with van der Waals surface area (Å²) in [5.41, 5.74) is 2.13. The van der Waals surface area contributed by atoms with Gasteiger partial charge in [0.15, 0.2) is 5.69 Å². The smallest absolute Gasteiger partial charge is 0.357 e. The molecule has 0 bridgehead atoms. The number of carbonyl (C=O) groups excluding carboxylic acids is 1. The van der Waals surface area contributed by atoms with Crippen molar-refractivity contribution in [2.75, 3.05) is 26.0 Å². The zero-order chi connectivity index (χ0) is 11.5. The minimum atomic E-state index is -0.406. The summed E-state index contributed by atoms with van der Waals surface area (Å²) in [5.74, 6) is 0.0416. The fourth-order valence-corrected chi connectivity index (χ4v) is 1.74. The van der Waals surface area contributed by atoms with Crippen molar-refractivity contribution in [3.63, 3.8) is 0 Å². The number of hydrogen-bond acceptors (Lipinski definition) is 6. The van der Waals surface area contributed by atoms with Crippen LogP contribution in [0.1, 0.15) is 21.7 Å². The molecule has 0 amide bonds. The monoisotopic (exact) mass is 222 g/mol. The molecule has 2 N–H and O–H groups in total. The first kappa shape index (κ1) is 10.8. The van der Waals surface area contributed by atoms with Crippen molar-refractivity contribution in [3.8, 4) is 0 Å². The highest BCUT2D eigenvalue weighted by molar-refractivity contribution is 5.89. The predicted molar refractivity (Wildman–Crippen MR) is 58.3 cm³/mol. The van der Waals surface area contributed by atoms with Crippen LogP contribution in [0.25, 0.3) is 0 Å². The summed E-state index contributed by atoms with van der Waals surface area (Å²) in [6, 6.07) is 0. The number of aromatic nitrogens is 2. The van der Waals surface area contributed by atoms with Gasteiger partial charge in [-0.05, 0) is 13.0 Å². The van der Waals surface area contributed by atoms with Gasteiger partial charge in [-0.3, -0.25) is 0 Å². The highest BCUT2D eigenvalue weighted by Gasteiger charge is 2.22. The average molecular weight is 222 g/mol. The van der Waals surface area contributed by atoms with E-state index in [0.29, 0.717) is 18.2 Å². The van der Waals surface area contributed by atoms with Crippen molar-refractivity contribution in [2.24, 2.45) is 0 Å². The summed E-state index contributed by atoms with van der Waals surface area (Å²) in [4.78, 5) is 20.1. The highest BCUT2D eigenvalue weighted by atomic mass is 16.5. The summed E-state index contributed by atoms with van der Waals surface area (Å²) in [5, 5.41) is 6.04. The Bertz CT molecular complexity index is 420. The minimum Gasteiger partial charge on any atom is -0.464 e. The molecular formula is C10H14N4O2. The second kappa shape index (κ2) is 4.44. The molecule has 0 radical (unpaired) electrons. The first-order valence-electron chi connectivity index (χ1n) is 5.13. The normalized spacial score (nSPS) is 14.1. The molecule has 0 aromatic carbocycles. The van der Waals surface area contributed by atoms with Crippen molar-refractivity contribution < 1.29 is 9.53 Å². The summed E-state index contributed by atoms with van der Waals surface area (Å²) in [7, 11) is 3.08. The Morgan fingerprint density at radius 1 is 1.50 bits per heavy atom. The maximum Gasteiger partial charge on any atom is 0.357 e. The molecule has 16 heavy (non-hydrogen) atoms. The molecule has 86 valence electrons. The predicted octanol–water partition coefficient (Wildman–Crippen LogP) is -0.0494. The Labute approximate surface area is 93.4 Å². The van der Waals surface area contributed by atoms with Crippen LogP contribution in [0.2, 0.25) is 0 Å². The van der Waals surface area contributed by atoms with E-state index in [1.807, 2.05) is 0 Å². The van der Waals surface area contributed by atoms with E-state index in [1.165, 1.54) is 7.11 Å². The van der Waals surface area contributed by atoms with Gasteiger partial charge in [-0.1, -0.05) is 0 Å². The number of nitrogens with zero attached hydrogens (tertiary/aromatic N) is 2. The number of esters is 1. The van der Waals surface area contributed by atoms with Gasteiger partial charge in [0.05, 0.1) is 12.8 Å². The maximum absolute atomic E-state index is 11.6. The van der Waals surface area contributed by atoms with Gasteiger partial charge in [0.2, 0.25) is 5.95 Å². The SMILES string of the molecule is CNc1nc2c(c(C(=O)OC)n1)CCNC2. The van der Waals surface area contributed by atoms with Gasteiger partial charge < -0.3 is 15.4 Å². The Balaban J connectivity index is 2.51. The van der Waals surface area contributed by atoms with Gasteiger partial charge >= 0.3 is 5.97 Å². The second-order valence-electron chi connectivity index (χ2n) is 3.49. The van der Waals surface area contributed by atoms with Crippen molar-refractivity contribution >= 4 is 11.9 Å². The molecule has 1 aromatic heterocycles. The zero-order valence-electron chi connectivity index (χ0n) is 9.33. The third-order valence-electron chi connectivity index (χ3n) is 2.54. The van der Waals surface area contributed by atoms with Crippen LogP contribution in [-0.2, 0) is 17.7 Å². The molecule has 6 nitrogen and oxygen atoms in total. The Hall–Kier alpha value is -1.69. The largest absolute Gasteiger partial charge is 0.464 e. The van der Waals surface area contributed by atoms with E-state index < -0.39 is 5.97 Å². The van der Waals surface area contributed by atoms with Crippen molar-refractivity contribution in [1.29, 1.82) is 0 Å². The molecule has 1 aliphatic heterocycles. The van der Waals surface area contributed by atoms with Crippen LogP contribution >= 0.6 is 0 Å². The molecule has 0 fully saturated rings. The Morgan fingerprint density at radius 3 is 3.00 bits per heavy atom. The van der Waals surface area contributed by atoms with E-state index in [-0.39, 0.29) is 0 Å². The lowest BCUT2D eigenvalue weighted by Crippen LogP contribution is -2.28. The third kappa shape index (κ3) is 1.83. The lowest BCUT2D eigenvalue weighted by atomic mass is 10.0. The van der Waals surface area contributed by atoms with E-state index in [9.17, 15) is 4.79 Å². The molecule has 1 aromatic rings. The lowest BCUT2D eigenvalue weighted by Gasteiger charge is -2.18. The fourth-order valence-electron chi connectivity index (χ4n) is 1.74. The van der Waals surface area contributed by atoms with E-state index in [1.54, 1.807) is 7.05 Å². The number of rotatable bonds is 2. The number of fused-ring (bicyclic) bond motifs is 1. The van der Waals surface area contributed by atoms with Crippen LogP contribution in [-0.4, -0.2) is 36.6 Å². The first-order valence-corrected chi connectivity index (χ1v) is 5.13. The number of methoxy groups -OCH3 is 1. The number of anilines is 1. The van der Waals surface area contributed by atoms with Crippen molar-refractivity contribution in [1.82, 2.24) is 15.3 Å². The van der Waals surface area contributed by atoms with E-state index in [2.05, 4.69) is 20.6 Å². The molecule has 0 spiro atoms.